The first-order chi connectivity index (χ1) is 18.1. The molecule has 1 amide bonds. The Morgan fingerprint density at radius 2 is 1.16 bits per heavy atom. The summed E-state index contributed by atoms with van der Waals surface area (Å²) in [4.78, 5) is 61.9. The molecule has 0 aliphatic carbocycles. The molecule has 1 aliphatic heterocycles. The smallest absolute Gasteiger partial charge is 0.317 e. The number of likely N-dealkylation sites (N-methyl/N-ethyl adjacent to an activating group) is 1. The molecule has 0 aromatic heterocycles. The van der Waals surface area contributed by atoms with Crippen LogP contribution in [-0.2, 0) is 28.7 Å². The van der Waals surface area contributed by atoms with Crippen LogP contribution in [0.5, 0.6) is 0 Å². The van der Waals surface area contributed by atoms with Gasteiger partial charge >= 0.3 is 11.9 Å². The summed E-state index contributed by atoms with van der Waals surface area (Å²) in [5, 5.41) is 28.1. The third kappa shape index (κ3) is 22.5. The predicted octanol–water partition coefficient (Wildman–Crippen LogP) is -1.15. The van der Waals surface area contributed by atoms with Crippen LogP contribution in [0.1, 0.15) is 27.7 Å². The van der Waals surface area contributed by atoms with Gasteiger partial charge in [-0.2, -0.15) is 0 Å². The molecule has 1 heterocycles. The van der Waals surface area contributed by atoms with E-state index in [1.165, 1.54) is 6.92 Å². The summed E-state index contributed by atoms with van der Waals surface area (Å²) < 4.78 is 5.15. The minimum atomic E-state index is -0.945. The predicted molar refractivity (Wildman–Crippen MR) is 141 cm³/mol. The Morgan fingerprint density at radius 3 is 1.50 bits per heavy atom. The van der Waals surface area contributed by atoms with Crippen LogP contribution in [0.2, 0.25) is 0 Å². The number of carboxylic acid groups (broad SMARTS) is 3. The van der Waals surface area contributed by atoms with Gasteiger partial charge in [-0.25, -0.2) is 0 Å². The SMILES string of the molecule is CC.CCN1CCN(CC(=O)O)CCN(CC(=O)O)CCN(CC(=O)NCCOCC(C)=O)CC1.O=CO. The highest BCUT2D eigenvalue weighted by Gasteiger charge is 2.19. The lowest BCUT2D eigenvalue weighted by molar-refractivity contribution is -0.140. The molecule has 4 N–H and O–H groups in total. The van der Waals surface area contributed by atoms with E-state index in [1.54, 1.807) is 4.90 Å². The highest BCUT2D eigenvalue weighted by atomic mass is 16.5. The van der Waals surface area contributed by atoms with E-state index in [1.807, 2.05) is 30.6 Å². The first kappa shape index (κ1) is 37.5. The van der Waals surface area contributed by atoms with Crippen molar-refractivity contribution in [2.45, 2.75) is 27.7 Å². The summed E-state index contributed by atoms with van der Waals surface area (Å²) >= 11 is 0. The van der Waals surface area contributed by atoms with Crippen molar-refractivity contribution in [3.8, 4) is 0 Å². The summed E-state index contributed by atoms with van der Waals surface area (Å²) in [6, 6.07) is 0. The number of ketones is 1. The van der Waals surface area contributed by atoms with Gasteiger partial charge in [0.2, 0.25) is 5.91 Å². The van der Waals surface area contributed by atoms with Gasteiger partial charge in [0, 0.05) is 58.9 Å². The second-order valence-corrected chi connectivity index (χ2v) is 8.26. The van der Waals surface area contributed by atoms with Crippen LogP contribution < -0.4 is 5.32 Å². The zero-order valence-corrected chi connectivity index (χ0v) is 23.3. The van der Waals surface area contributed by atoms with Gasteiger partial charge in [0.05, 0.1) is 26.2 Å². The van der Waals surface area contributed by atoms with Crippen LogP contribution in [0.3, 0.4) is 0 Å². The van der Waals surface area contributed by atoms with Gasteiger partial charge in [0.25, 0.3) is 6.47 Å². The fourth-order valence-electron chi connectivity index (χ4n) is 3.49. The number of amides is 1. The fraction of sp³-hybridized carbons (Fsp3) is 0.792. The van der Waals surface area contributed by atoms with E-state index < -0.39 is 11.9 Å². The molecule has 1 rings (SSSR count). The molecule has 0 bridgehead atoms. The van der Waals surface area contributed by atoms with E-state index in [0.29, 0.717) is 58.9 Å². The van der Waals surface area contributed by atoms with Crippen LogP contribution in [0, 0.1) is 0 Å². The van der Waals surface area contributed by atoms with Crippen LogP contribution in [0.25, 0.3) is 0 Å². The van der Waals surface area contributed by atoms with Gasteiger partial charge in [-0.05, 0) is 13.5 Å². The van der Waals surface area contributed by atoms with Crippen molar-refractivity contribution in [1.82, 2.24) is 24.9 Å². The van der Waals surface area contributed by atoms with Crippen molar-refractivity contribution in [2.24, 2.45) is 0 Å². The maximum absolute atomic E-state index is 12.4. The molecule has 1 aliphatic rings. The Kier molecular flexibility index (Phi) is 24.3. The molecule has 0 unspecified atom stereocenters. The maximum Gasteiger partial charge on any atom is 0.317 e. The van der Waals surface area contributed by atoms with Gasteiger partial charge in [-0.1, -0.05) is 20.8 Å². The van der Waals surface area contributed by atoms with E-state index in [9.17, 15) is 29.4 Å². The van der Waals surface area contributed by atoms with Gasteiger partial charge in [-0.3, -0.25) is 38.7 Å². The second kappa shape index (κ2) is 24.7. The fourth-order valence-corrected chi connectivity index (χ4v) is 3.49. The number of aliphatic carboxylic acids is 2. The molecule has 222 valence electrons. The Morgan fingerprint density at radius 1 is 0.789 bits per heavy atom. The van der Waals surface area contributed by atoms with E-state index in [0.717, 1.165) is 6.54 Å². The zero-order valence-electron chi connectivity index (χ0n) is 23.3. The molecule has 14 nitrogen and oxygen atoms in total. The lowest BCUT2D eigenvalue weighted by Gasteiger charge is -2.33. The topological polar surface area (TPSA) is 180 Å². The molecule has 1 saturated heterocycles. The molecular weight excluding hydrogens is 502 g/mol. The average molecular weight is 550 g/mol. The summed E-state index contributed by atoms with van der Waals surface area (Å²) in [5.41, 5.74) is 0. The second-order valence-electron chi connectivity index (χ2n) is 8.26. The molecule has 0 saturated carbocycles. The third-order valence-corrected chi connectivity index (χ3v) is 5.34. The highest BCUT2D eigenvalue weighted by Crippen LogP contribution is 2.01. The van der Waals surface area contributed by atoms with Crippen molar-refractivity contribution in [3.63, 3.8) is 0 Å². The van der Waals surface area contributed by atoms with Gasteiger partial charge < -0.3 is 30.3 Å². The Labute approximate surface area is 225 Å². The number of nitrogens with one attached hydrogen (secondary N) is 1. The first-order valence-electron chi connectivity index (χ1n) is 12.9. The Balaban J connectivity index is 0. The average Bonchev–Trinajstić information content (AvgIpc) is 2.84. The minimum Gasteiger partial charge on any atom is -0.483 e. The van der Waals surface area contributed by atoms with Gasteiger partial charge in [0.1, 0.15) is 6.61 Å². The Bertz CT molecular complexity index is 682. The van der Waals surface area contributed by atoms with E-state index in [4.69, 9.17) is 14.6 Å². The summed E-state index contributed by atoms with van der Waals surface area (Å²) in [7, 11) is 0. The number of nitrogens with zero attached hydrogens (tertiary/aromatic N) is 4. The van der Waals surface area contributed by atoms with Gasteiger partial charge in [0.15, 0.2) is 5.78 Å². The van der Waals surface area contributed by atoms with Crippen molar-refractivity contribution in [1.29, 1.82) is 0 Å². The number of Topliss-reactive ketones (excluding diaryl/α,β-unsaturated/α-hetero) is 1. The summed E-state index contributed by atoms with van der Waals surface area (Å²) in [5.74, 6) is -2.08. The molecule has 14 heteroatoms. The lowest BCUT2D eigenvalue weighted by Crippen LogP contribution is -2.49. The Hall–Kier alpha value is -2.65. The lowest BCUT2D eigenvalue weighted by atomic mass is 10.3. The van der Waals surface area contributed by atoms with Crippen molar-refractivity contribution in [3.05, 3.63) is 0 Å². The quantitative estimate of drug-likeness (QED) is 0.169. The van der Waals surface area contributed by atoms with Crippen LogP contribution in [0.4, 0.5) is 0 Å². The normalized spacial score (nSPS) is 16.3. The molecule has 1 fully saturated rings. The van der Waals surface area contributed by atoms with Crippen LogP contribution >= 0.6 is 0 Å². The minimum absolute atomic E-state index is 0.0259. The molecule has 0 aromatic carbocycles. The molecule has 0 spiro atoms. The van der Waals surface area contributed by atoms with Crippen LogP contribution in [-0.4, -0.2) is 163 Å². The highest BCUT2D eigenvalue weighted by molar-refractivity contribution is 5.78. The number of carbonyl (C=O) groups is 5. The van der Waals surface area contributed by atoms with Crippen LogP contribution in [0.15, 0.2) is 0 Å². The number of rotatable bonds is 12. The monoisotopic (exact) mass is 549 g/mol. The number of carboxylic acids is 2. The number of carbonyl (C=O) groups excluding carboxylic acids is 2. The molecule has 0 atom stereocenters. The number of hydrogen-bond donors (Lipinski definition) is 4. The number of hydrogen-bond acceptors (Lipinski definition) is 10. The first-order valence-corrected chi connectivity index (χ1v) is 12.9. The summed E-state index contributed by atoms with van der Waals surface area (Å²) in [6.45, 7) is 13.0. The largest absolute Gasteiger partial charge is 0.483 e. The van der Waals surface area contributed by atoms with E-state index >= 15 is 0 Å². The molecule has 0 aromatic rings. The van der Waals surface area contributed by atoms with Crippen molar-refractivity contribution >= 4 is 30.1 Å². The maximum atomic E-state index is 12.4. The van der Waals surface area contributed by atoms with E-state index in [2.05, 4.69) is 10.2 Å². The van der Waals surface area contributed by atoms with Gasteiger partial charge in [-0.15, -0.1) is 0 Å². The standard InChI is InChI=1S/C21H39N5O7.C2H6.CH2O2/c1-3-23-5-7-24(14-19(28)22-4-13-33-17-18(2)27)9-10-26(16-21(31)32)12-11-25(8-6-23)15-20(29)30;1-2;2-1-3/h3-17H2,1-2H3,(H,22,28)(H,29,30)(H,31,32);1-2H3;1H,(H,2,3). The third-order valence-electron chi connectivity index (χ3n) is 5.34. The van der Waals surface area contributed by atoms with Crippen molar-refractivity contribution in [2.75, 3.05) is 98.3 Å². The van der Waals surface area contributed by atoms with Crippen molar-refractivity contribution < 1.29 is 44.0 Å². The van der Waals surface area contributed by atoms with E-state index in [-0.39, 0.29) is 51.0 Å². The molecular formula is C24H47N5O9. The molecule has 0 radical (unpaired) electrons. The number of ether oxygens (including phenoxy) is 1. The summed E-state index contributed by atoms with van der Waals surface area (Å²) in [6.07, 6.45) is 0. The molecule has 38 heavy (non-hydrogen) atoms. The zero-order chi connectivity index (χ0) is 29.3.